The Morgan fingerprint density at radius 3 is 2.67 bits per heavy atom. The Bertz CT molecular complexity index is 533. The van der Waals surface area contributed by atoms with E-state index in [1.807, 2.05) is 37.3 Å². The number of carboxylic acid groups (broad SMARTS) is 1. The molecule has 0 fully saturated rings. The smallest absolute Gasteiger partial charge is 0.307 e. The minimum Gasteiger partial charge on any atom is -0.481 e. The van der Waals surface area contributed by atoms with Crippen molar-refractivity contribution in [1.82, 2.24) is 5.16 Å². The lowest BCUT2D eigenvalue weighted by Crippen LogP contribution is -1.99. The van der Waals surface area contributed by atoms with Crippen LogP contribution in [0.1, 0.15) is 17.0 Å². The molecule has 5 heteroatoms. The molecule has 0 aliphatic carbocycles. The quantitative estimate of drug-likeness (QED) is 0.840. The van der Waals surface area contributed by atoms with Crippen LogP contribution in [0.3, 0.4) is 0 Å². The number of thioether (sulfide) groups is 1. The van der Waals surface area contributed by atoms with Crippen LogP contribution >= 0.6 is 11.8 Å². The number of aromatic nitrogens is 1. The molecule has 18 heavy (non-hydrogen) atoms. The molecule has 0 bridgehead atoms. The lowest BCUT2D eigenvalue weighted by Gasteiger charge is -2.01. The first-order valence-electron chi connectivity index (χ1n) is 5.49. The number of aryl methyl sites for hydroxylation is 1. The van der Waals surface area contributed by atoms with Gasteiger partial charge in [0.05, 0.1) is 17.9 Å². The highest BCUT2D eigenvalue weighted by Crippen LogP contribution is 2.23. The van der Waals surface area contributed by atoms with Gasteiger partial charge in [-0.2, -0.15) is 0 Å². The van der Waals surface area contributed by atoms with E-state index in [2.05, 4.69) is 5.16 Å². The van der Waals surface area contributed by atoms with Gasteiger partial charge in [-0.1, -0.05) is 17.3 Å². The van der Waals surface area contributed by atoms with Crippen molar-refractivity contribution in [3.8, 4) is 0 Å². The van der Waals surface area contributed by atoms with Crippen LogP contribution in [0, 0.1) is 6.92 Å². The van der Waals surface area contributed by atoms with Crippen molar-refractivity contribution in [2.24, 2.45) is 0 Å². The van der Waals surface area contributed by atoms with Gasteiger partial charge in [-0.15, -0.1) is 11.8 Å². The molecular formula is C13H13NO3S. The van der Waals surface area contributed by atoms with Crippen LogP contribution in [0.15, 0.2) is 39.8 Å². The molecule has 0 radical (unpaired) electrons. The van der Waals surface area contributed by atoms with E-state index in [1.54, 1.807) is 11.8 Å². The third kappa shape index (κ3) is 3.63. The third-order valence-electron chi connectivity index (χ3n) is 2.34. The first kappa shape index (κ1) is 12.7. The average molecular weight is 263 g/mol. The zero-order valence-electron chi connectivity index (χ0n) is 9.92. The predicted molar refractivity (Wildman–Crippen MR) is 68.6 cm³/mol. The van der Waals surface area contributed by atoms with E-state index < -0.39 is 5.97 Å². The van der Waals surface area contributed by atoms with Gasteiger partial charge in [0.2, 0.25) is 0 Å². The summed E-state index contributed by atoms with van der Waals surface area (Å²) >= 11 is 1.63. The summed E-state index contributed by atoms with van der Waals surface area (Å²) in [7, 11) is 0. The van der Waals surface area contributed by atoms with Crippen LogP contribution in [0.25, 0.3) is 0 Å². The van der Waals surface area contributed by atoms with Crippen LogP contribution in [0.4, 0.5) is 0 Å². The Kier molecular flexibility index (Phi) is 4.04. The molecule has 0 amide bonds. The van der Waals surface area contributed by atoms with Crippen molar-refractivity contribution >= 4 is 17.7 Å². The van der Waals surface area contributed by atoms with Gasteiger partial charge in [0.15, 0.2) is 0 Å². The standard InChI is InChI=1S/C13H13NO3S/c1-9-6-11(17-14-9)8-18-12-4-2-10(3-5-12)7-13(15)16/h2-6H,7-8H2,1H3,(H,15,16). The zero-order valence-corrected chi connectivity index (χ0v) is 10.7. The summed E-state index contributed by atoms with van der Waals surface area (Å²) < 4.78 is 5.11. The molecule has 4 nitrogen and oxygen atoms in total. The van der Waals surface area contributed by atoms with Crippen molar-refractivity contribution in [2.75, 3.05) is 0 Å². The van der Waals surface area contributed by atoms with Gasteiger partial charge in [0, 0.05) is 11.0 Å². The first-order chi connectivity index (χ1) is 8.63. The molecular weight excluding hydrogens is 250 g/mol. The Hall–Kier alpha value is -1.75. The molecule has 0 unspecified atom stereocenters. The number of benzene rings is 1. The van der Waals surface area contributed by atoms with Crippen LogP contribution < -0.4 is 0 Å². The summed E-state index contributed by atoms with van der Waals surface area (Å²) in [5.74, 6) is 0.749. The summed E-state index contributed by atoms with van der Waals surface area (Å²) in [4.78, 5) is 11.6. The lowest BCUT2D eigenvalue weighted by molar-refractivity contribution is -0.136. The molecule has 0 aliphatic rings. The van der Waals surface area contributed by atoms with Gasteiger partial charge in [-0.3, -0.25) is 4.79 Å². The average Bonchev–Trinajstić information content (AvgIpc) is 2.74. The topological polar surface area (TPSA) is 63.3 Å². The fourth-order valence-corrected chi connectivity index (χ4v) is 2.29. The van der Waals surface area contributed by atoms with E-state index in [9.17, 15) is 4.79 Å². The van der Waals surface area contributed by atoms with Crippen LogP contribution in [0.2, 0.25) is 0 Å². The molecule has 2 rings (SSSR count). The highest BCUT2D eigenvalue weighted by molar-refractivity contribution is 7.98. The molecule has 1 aromatic carbocycles. The lowest BCUT2D eigenvalue weighted by atomic mass is 10.2. The summed E-state index contributed by atoms with van der Waals surface area (Å²) in [6.07, 6.45) is 0.0618. The first-order valence-corrected chi connectivity index (χ1v) is 6.48. The highest BCUT2D eigenvalue weighted by Gasteiger charge is 2.03. The van der Waals surface area contributed by atoms with Crippen molar-refractivity contribution in [1.29, 1.82) is 0 Å². The van der Waals surface area contributed by atoms with E-state index in [1.165, 1.54) is 0 Å². The molecule has 0 atom stereocenters. The molecule has 1 N–H and O–H groups in total. The Labute approximate surface area is 109 Å². The maximum atomic E-state index is 10.5. The van der Waals surface area contributed by atoms with Crippen molar-refractivity contribution in [3.63, 3.8) is 0 Å². The second-order valence-corrected chi connectivity index (χ2v) is 4.99. The molecule has 2 aromatic rings. The summed E-state index contributed by atoms with van der Waals surface area (Å²) in [5.41, 5.74) is 1.68. The van der Waals surface area contributed by atoms with Crippen molar-refractivity contribution in [3.05, 3.63) is 47.3 Å². The summed E-state index contributed by atoms with van der Waals surface area (Å²) in [6, 6.07) is 9.42. The van der Waals surface area contributed by atoms with E-state index in [-0.39, 0.29) is 6.42 Å². The second-order valence-electron chi connectivity index (χ2n) is 3.94. The van der Waals surface area contributed by atoms with E-state index in [0.717, 1.165) is 27.7 Å². The molecule has 0 spiro atoms. The largest absolute Gasteiger partial charge is 0.481 e. The Morgan fingerprint density at radius 1 is 1.39 bits per heavy atom. The van der Waals surface area contributed by atoms with Crippen molar-refractivity contribution in [2.45, 2.75) is 24.0 Å². The van der Waals surface area contributed by atoms with Gasteiger partial charge < -0.3 is 9.63 Å². The zero-order chi connectivity index (χ0) is 13.0. The van der Waals surface area contributed by atoms with Crippen LogP contribution in [-0.2, 0) is 17.0 Å². The van der Waals surface area contributed by atoms with Gasteiger partial charge in [-0.25, -0.2) is 0 Å². The molecule has 1 heterocycles. The highest BCUT2D eigenvalue weighted by atomic mass is 32.2. The minimum absolute atomic E-state index is 0.0618. The predicted octanol–water partition coefficient (Wildman–Crippen LogP) is 2.90. The molecule has 0 aliphatic heterocycles. The number of hydrogen-bond donors (Lipinski definition) is 1. The molecule has 1 aromatic heterocycles. The number of carbonyl (C=O) groups is 1. The Morgan fingerprint density at radius 2 is 2.11 bits per heavy atom. The number of aliphatic carboxylic acids is 1. The number of hydrogen-bond acceptors (Lipinski definition) is 4. The summed E-state index contributed by atoms with van der Waals surface area (Å²) in [5, 5.41) is 12.5. The Balaban J connectivity index is 1.92. The fourth-order valence-electron chi connectivity index (χ4n) is 1.52. The minimum atomic E-state index is -0.812. The van der Waals surface area contributed by atoms with Crippen molar-refractivity contribution < 1.29 is 14.4 Å². The molecule has 0 saturated carbocycles. The summed E-state index contributed by atoms with van der Waals surface area (Å²) in [6.45, 7) is 1.89. The van der Waals surface area contributed by atoms with Crippen LogP contribution in [0.5, 0.6) is 0 Å². The van der Waals surface area contributed by atoms with Gasteiger partial charge >= 0.3 is 5.97 Å². The SMILES string of the molecule is Cc1cc(CSc2ccc(CC(=O)O)cc2)on1. The molecule has 94 valence electrons. The number of rotatable bonds is 5. The maximum Gasteiger partial charge on any atom is 0.307 e. The normalized spacial score (nSPS) is 10.5. The number of carboxylic acids is 1. The van der Waals surface area contributed by atoms with E-state index in [0.29, 0.717) is 0 Å². The number of nitrogens with zero attached hydrogens (tertiary/aromatic N) is 1. The molecule has 0 saturated heterocycles. The second kappa shape index (κ2) is 5.73. The van der Waals surface area contributed by atoms with Crippen LogP contribution in [-0.4, -0.2) is 16.2 Å². The van der Waals surface area contributed by atoms with Gasteiger partial charge in [0.1, 0.15) is 5.76 Å². The monoisotopic (exact) mass is 263 g/mol. The van der Waals surface area contributed by atoms with Gasteiger partial charge in [-0.05, 0) is 24.6 Å². The fraction of sp³-hybridized carbons (Fsp3) is 0.231. The van der Waals surface area contributed by atoms with E-state index >= 15 is 0 Å². The maximum absolute atomic E-state index is 10.5. The third-order valence-corrected chi connectivity index (χ3v) is 3.37. The van der Waals surface area contributed by atoms with E-state index in [4.69, 9.17) is 9.63 Å². The van der Waals surface area contributed by atoms with Gasteiger partial charge in [0.25, 0.3) is 0 Å².